The van der Waals surface area contributed by atoms with E-state index < -0.39 is 5.91 Å². The number of ether oxygens (including phenoxy) is 3. The number of aryl methyl sites for hydroxylation is 1. The maximum atomic E-state index is 13.0. The minimum absolute atomic E-state index is 0.0751. The number of carbonyl (C=O) groups excluding carboxylic acids is 2. The second-order valence-corrected chi connectivity index (χ2v) is 13.1. The van der Waals surface area contributed by atoms with E-state index in [0.29, 0.717) is 55.6 Å². The number of nitrogen functional groups attached to an aromatic ring is 1. The van der Waals surface area contributed by atoms with E-state index in [2.05, 4.69) is 47.5 Å². The second kappa shape index (κ2) is 15.9. The normalized spacial score (nSPS) is 16.8. The lowest BCUT2D eigenvalue weighted by Gasteiger charge is -2.34. The van der Waals surface area contributed by atoms with Gasteiger partial charge >= 0.3 is 6.09 Å². The minimum atomic E-state index is -0.529. The average Bonchev–Trinajstić information content (AvgIpc) is 3.66. The van der Waals surface area contributed by atoms with Crippen LogP contribution in [0.25, 0.3) is 10.9 Å². The molecule has 16 nitrogen and oxygen atoms in total. The minimum Gasteiger partial charge on any atom is -0.491 e. The van der Waals surface area contributed by atoms with E-state index in [4.69, 9.17) is 24.9 Å². The van der Waals surface area contributed by atoms with Crippen LogP contribution in [-0.4, -0.2) is 125 Å². The third-order valence-electron chi connectivity index (χ3n) is 9.59. The van der Waals surface area contributed by atoms with Gasteiger partial charge in [-0.05, 0) is 42.7 Å². The van der Waals surface area contributed by atoms with Crippen molar-refractivity contribution in [3.63, 3.8) is 0 Å². The number of methoxy groups -OCH3 is 1. The summed E-state index contributed by atoms with van der Waals surface area (Å²) in [6.45, 7) is 12.3. The van der Waals surface area contributed by atoms with E-state index in [1.165, 1.54) is 18.0 Å². The van der Waals surface area contributed by atoms with Crippen LogP contribution in [0.1, 0.15) is 27.9 Å². The van der Waals surface area contributed by atoms with Crippen molar-refractivity contribution in [3.8, 4) is 17.2 Å². The molecular weight excluding hydrogens is 666 g/mol. The SMILES string of the molecule is COc1c(OCCCN2CCN(C(=O)Oc3ccc(CN4CCNCC4)cc3C)CC2)ccc2c3n(c(=NC(=O)c4cnc(N)nc4)nc12)CCN3. The van der Waals surface area contributed by atoms with Crippen molar-refractivity contribution in [2.75, 3.05) is 90.2 Å². The number of carbonyl (C=O) groups is 2. The first-order chi connectivity index (χ1) is 25.4. The third kappa shape index (κ3) is 7.93. The standard InChI is InChI=1S/C36H45N11O5/c1-24-20-25(23-45-12-8-38-9-13-45)4-6-28(24)52-36(49)46-17-15-44(16-18-46)11-3-19-51-29-7-5-27-30(31(29)50-2)42-35(47-14-10-39-32(27)47)43-33(48)26-21-40-34(37)41-22-26/h4-7,20-22,38-39H,3,8-19,23H2,1-2H3,(H2,37,40,41). The Morgan fingerprint density at radius 3 is 2.46 bits per heavy atom. The summed E-state index contributed by atoms with van der Waals surface area (Å²) in [4.78, 5) is 49.3. The van der Waals surface area contributed by atoms with Gasteiger partial charge in [-0.3, -0.25) is 19.2 Å². The van der Waals surface area contributed by atoms with Gasteiger partial charge in [-0.25, -0.2) is 19.7 Å². The molecule has 2 aromatic carbocycles. The Labute approximate surface area is 301 Å². The summed E-state index contributed by atoms with van der Waals surface area (Å²) in [5, 5.41) is 7.59. The number of hydrogen-bond acceptors (Lipinski definition) is 13. The molecule has 0 radical (unpaired) electrons. The lowest BCUT2D eigenvalue weighted by Crippen LogP contribution is -2.49. The topological polar surface area (TPSA) is 178 Å². The molecule has 7 rings (SSSR count). The molecule has 2 amide bonds. The number of rotatable bonds is 10. The Balaban J connectivity index is 0.920. The fraction of sp³-hybridized carbons (Fsp3) is 0.444. The van der Waals surface area contributed by atoms with E-state index in [9.17, 15) is 9.59 Å². The summed E-state index contributed by atoms with van der Waals surface area (Å²) in [5.41, 5.74) is 8.74. The van der Waals surface area contributed by atoms with E-state index in [-0.39, 0.29) is 23.2 Å². The molecule has 4 aromatic rings. The van der Waals surface area contributed by atoms with E-state index in [0.717, 1.165) is 75.5 Å². The van der Waals surface area contributed by atoms with Gasteiger partial charge in [0.15, 0.2) is 11.5 Å². The lowest BCUT2D eigenvalue weighted by atomic mass is 10.1. The molecule has 16 heteroatoms. The van der Waals surface area contributed by atoms with Gasteiger partial charge in [0.1, 0.15) is 17.1 Å². The van der Waals surface area contributed by atoms with E-state index in [1.54, 1.807) is 12.0 Å². The van der Waals surface area contributed by atoms with Crippen molar-refractivity contribution in [1.29, 1.82) is 0 Å². The van der Waals surface area contributed by atoms with Crippen LogP contribution in [0, 0.1) is 6.92 Å². The number of benzene rings is 2. The zero-order valence-corrected chi connectivity index (χ0v) is 29.6. The van der Waals surface area contributed by atoms with Gasteiger partial charge in [0.25, 0.3) is 5.91 Å². The zero-order valence-electron chi connectivity index (χ0n) is 29.6. The molecule has 4 N–H and O–H groups in total. The smallest absolute Gasteiger partial charge is 0.415 e. The quantitative estimate of drug-likeness (QED) is 0.204. The van der Waals surface area contributed by atoms with Crippen LogP contribution in [0.3, 0.4) is 0 Å². The average molecular weight is 712 g/mol. The van der Waals surface area contributed by atoms with Gasteiger partial charge < -0.3 is 35.5 Å². The number of nitrogens with two attached hydrogens (primary N) is 1. The molecule has 52 heavy (non-hydrogen) atoms. The van der Waals surface area contributed by atoms with Crippen LogP contribution in [0.2, 0.25) is 0 Å². The fourth-order valence-electron chi connectivity index (χ4n) is 6.78. The molecule has 3 aliphatic rings. The Morgan fingerprint density at radius 2 is 1.71 bits per heavy atom. The van der Waals surface area contributed by atoms with Crippen LogP contribution >= 0.6 is 0 Å². The summed E-state index contributed by atoms with van der Waals surface area (Å²) < 4.78 is 19.7. The first kappa shape index (κ1) is 35.1. The number of nitrogens with one attached hydrogen (secondary N) is 2. The summed E-state index contributed by atoms with van der Waals surface area (Å²) >= 11 is 0. The summed E-state index contributed by atoms with van der Waals surface area (Å²) in [6.07, 6.45) is 3.15. The molecule has 274 valence electrons. The maximum Gasteiger partial charge on any atom is 0.415 e. The third-order valence-corrected chi connectivity index (χ3v) is 9.59. The number of piperazine rings is 2. The van der Waals surface area contributed by atoms with Crippen molar-refractivity contribution in [2.24, 2.45) is 4.99 Å². The van der Waals surface area contributed by atoms with Crippen LogP contribution < -0.4 is 36.2 Å². The highest BCUT2D eigenvalue weighted by atomic mass is 16.6. The van der Waals surface area contributed by atoms with E-state index in [1.807, 2.05) is 29.7 Å². The fourth-order valence-corrected chi connectivity index (χ4v) is 6.78. The number of hydrogen-bond donors (Lipinski definition) is 3. The van der Waals surface area contributed by atoms with Crippen LogP contribution in [0.15, 0.2) is 47.7 Å². The maximum absolute atomic E-state index is 13.0. The van der Waals surface area contributed by atoms with Crippen molar-refractivity contribution < 1.29 is 23.8 Å². The van der Waals surface area contributed by atoms with Crippen molar-refractivity contribution >= 4 is 34.7 Å². The zero-order chi connectivity index (χ0) is 36.0. The van der Waals surface area contributed by atoms with Gasteiger partial charge in [0.05, 0.1) is 19.3 Å². The Morgan fingerprint density at radius 1 is 0.942 bits per heavy atom. The van der Waals surface area contributed by atoms with E-state index >= 15 is 0 Å². The molecule has 0 unspecified atom stereocenters. The number of aromatic nitrogens is 4. The van der Waals surface area contributed by atoms with Gasteiger partial charge in [0, 0.05) is 96.3 Å². The van der Waals surface area contributed by atoms with Crippen molar-refractivity contribution in [1.82, 2.24) is 39.5 Å². The number of fused-ring (bicyclic) bond motifs is 3. The molecule has 0 saturated carbocycles. The first-order valence-electron chi connectivity index (χ1n) is 17.7. The van der Waals surface area contributed by atoms with Gasteiger partial charge in [-0.15, -0.1) is 0 Å². The molecule has 0 spiro atoms. The molecule has 5 heterocycles. The summed E-state index contributed by atoms with van der Waals surface area (Å²) in [5.74, 6) is 1.97. The van der Waals surface area contributed by atoms with Crippen molar-refractivity contribution in [3.05, 3.63) is 65.0 Å². The van der Waals surface area contributed by atoms with Gasteiger partial charge in [-0.1, -0.05) is 12.1 Å². The first-order valence-corrected chi connectivity index (χ1v) is 17.7. The largest absolute Gasteiger partial charge is 0.491 e. The van der Waals surface area contributed by atoms with Crippen LogP contribution in [0.4, 0.5) is 16.6 Å². The van der Waals surface area contributed by atoms with Crippen LogP contribution in [0.5, 0.6) is 17.2 Å². The molecule has 2 saturated heterocycles. The predicted octanol–water partition coefficient (Wildman–Crippen LogP) is 1.88. The molecule has 3 aliphatic heterocycles. The van der Waals surface area contributed by atoms with Gasteiger partial charge in [0.2, 0.25) is 11.6 Å². The molecule has 0 atom stereocenters. The molecule has 0 aliphatic carbocycles. The number of anilines is 2. The van der Waals surface area contributed by atoms with Crippen molar-refractivity contribution in [2.45, 2.75) is 26.4 Å². The monoisotopic (exact) mass is 711 g/mol. The molecule has 0 bridgehead atoms. The molecular formula is C36H45N11O5. The number of nitrogens with zero attached hydrogens (tertiary/aromatic N) is 8. The Kier molecular flexibility index (Phi) is 10.7. The Hall–Kier alpha value is -5.32. The Bertz CT molecular complexity index is 1990. The summed E-state index contributed by atoms with van der Waals surface area (Å²) in [7, 11) is 1.57. The highest BCUT2D eigenvalue weighted by Crippen LogP contribution is 2.37. The predicted molar refractivity (Wildman–Crippen MR) is 195 cm³/mol. The van der Waals surface area contributed by atoms with Crippen LogP contribution in [-0.2, 0) is 13.1 Å². The number of amides is 2. The molecule has 2 fully saturated rings. The second-order valence-electron chi connectivity index (χ2n) is 13.1. The molecule has 2 aromatic heterocycles. The highest BCUT2D eigenvalue weighted by Gasteiger charge is 2.24. The lowest BCUT2D eigenvalue weighted by molar-refractivity contribution is 0.0995. The highest BCUT2D eigenvalue weighted by molar-refractivity contribution is 5.96. The summed E-state index contributed by atoms with van der Waals surface area (Å²) in [6, 6.07) is 9.90. The van der Waals surface area contributed by atoms with Gasteiger partial charge in [-0.2, -0.15) is 4.99 Å².